The van der Waals surface area contributed by atoms with Gasteiger partial charge in [-0.2, -0.15) is 14.8 Å². The van der Waals surface area contributed by atoms with Gasteiger partial charge in [0.15, 0.2) is 6.04 Å². The van der Waals surface area contributed by atoms with E-state index in [0.29, 0.717) is 10.7 Å². The van der Waals surface area contributed by atoms with Crippen molar-refractivity contribution in [2.24, 2.45) is 5.10 Å². The fourth-order valence-corrected chi connectivity index (χ4v) is 2.39. The molecule has 23 heavy (non-hydrogen) atoms. The summed E-state index contributed by atoms with van der Waals surface area (Å²) in [4.78, 5) is 22.4. The molecule has 0 bridgehead atoms. The number of hydrogen-bond acceptors (Lipinski definition) is 6. The first-order valence-electron chi connectivity index (χ1n) is 6.67. The monoisotopic (exact) mass is 331 g/mol. The van der Waals surface area contributed by atoms with Crippen LogP contribution < -0.4 is 0 Å². The summed E-state index contributed by atoms with van der Waals surface area (Å²) < 4.78 is 27.3. The molecule has 0 radical (unpaired) electrons. The van der Waals surface area contributed by atoms with Crippen molar-refractivity contribution in [3.63, 3.8) is 0 Å². The van der Waals surface area contributed by atoms with E-state index in [4.69, 9.17) is 0 Å². The highest BCUT2D eigenvalue weighted by molar-refractivity contribution is 5.90. The minimum atomic E-state index is -3.21. The number of hydrogen-bond donors (Lipinski definition) is 1. The molecule has 1 aliphatic rings. The largest absolute Gasteiger partial charge is 0.390 e. The highest BCUT2D eigenvalue weighted by Crippen LogP contribution is 2.33. The molecule has 2 rings (SSSR count). The summed E-state index contributed by atoms with van der Waals surface area (Å²) in [6.07, 6.45) is -3.69. The number of carbonyl (C=O) groups is 1. The van der Waals surface area contributed by atoms with Gasteiger partial charge in [-0.3, -0.25) is 4.79 Å². The summed E-state index contributed by atoms with van der Waals surface area (Å²) in [6.45, 7) is 4.23. The van der Waals surface area contributed by atoms with E-state index in [1.54, 1.807) is 0 Å². The van der Waals surface area contributed by atoms with E-state index >= 15 is 0 Å². The lowest BCUT2D eigenvalue weighted by Crippen LogP contribution is -2.53. The zero-order valence-electron chi connectivity index (χ0n) is 12.6. The van der Waals surface area contributed by atoms with E-state index in [-0.39, 0.29) is 5.71 Å². The fourth-order valence-electron chi connectivity index (χ4n) is 2.39. The minimum absolute atomic E-state index is 0.177. The number of hydrazone groups is 1. The molecule has 2 unspecified atom stereocenters. The van der Waals surface area contributed by atoms with Gasteiger partial charge in [-0.15, -0.1) is 0 Å². The van der Waals surface area contributed by atoms with Gasteiger partial charge in [0.2, 0.25) is 5.72 Å². The van der Waals surface area contributed by atoms with Crippen LogP contribution in [-0.4, -0.2) is 48.6 Å². The van der Waals surface area contributed by atoms with Gasteiger partial charge in [0.1, 0.15) is 0 Å². The summed E-state index contributed by atoms with van der Waals surface area (Å²) in [5, 5.41) is 28.4. The smallest absolute Gasteiger partial charge is 0.364 e. The van der Waals surface area contributed by atoms with Crippen LogP contribution in [0.4, 0.5) is 14.6 Å². The van der Waals surface area contributed by atoms with Crippen molar-refractivity contribution in [3.05, 3.63) is 21.9 Å². The third-order valence-electron chi connectivity index (χ3n) is 3.53. The van der Waals surface area contributed by atoms with Gasteiger partial charge < -0.3 is 15.2 Å². The van der Waals surface area contributed by atoms with Crippen molar-refractivity contribution >= 4 is 17.4 Å². The van der Waals surface area contributed by atoms with Gasteiger partial charge in [-0.25, -0.2) is 8.78 Å². The van der Waals surface area contributed by atoms with Gasteiger partial charge in [0.05, 0.1) is 16.9 Å². The van der Waals surface area contributed by atoms with Crippen LogP contribution in [0, 0.1) is 17.0 Å². The van der Waals surface area contributed by atoms with Crippen LogP contribution in [0.15, 0.2) is 11.2 Å². The average molecular weight is 331 g/mol. The summed E-state index contributed by atoms with van der Waals surface area (Å²) in [5.74, 6) is -1.40. The van der Waals surface area contributed by atoms with Gasteiger partial charge in [-0.1, -0.05) is 0 Å². The predicted molar refractivity (Wildman–Crippen MR) is 73.9 cm³/mol. The Morgan fingerprint density at radius 2 is 2.13 bits per heavy atom. The second kappa shape index (κ2) is 5.65. The van der Waals surface area contributed by atoms with Crippen molar-refractivity contribution in [1.82, 2.24) is 14.8 Å². The molecule has 1 aromatic rings. The highest BCUT2D eigenvalue weighted by Gasteiger charge is 2.52. The van der Waals surface area contributed by atoms with E-state index in [1.807, 2.05) is 0 Å². The molecule has 126 valence electrons. The molecule has 1 amide bonds. The predicted octanol–water partition coefficient (Wildman–Crippen LogP) is 1.22. The van der Waals surface area contributed by atoms with E-state index in [0.717, 1.165) is 10.7 Å². The van der Waals surface area contributed by atoms with E-state index in [2.05, 4.69) is 10.2 Å². The van der Waals surface area contributed by atoms with Crippen LogP contribution in [0.25, 0.3) is 0 Å². The lowest BCUT2D eigenvalue weighted by atomic mass is 10.1. The van der Waals surface area contributed by atoms with Crippen molar-refractivity contribution in [1.29, 1.82) is 0 Å². The molecule has 9 nitrogen and oxygen atoms in total. The first-order valence-corrected chi connectivity index (χ1v) is 6.67. The van der Waals surface area contributed by atoms with Crippen LogP contribution in [0.1, 0.15) is 32.0 Å². The molecule has 0 fully saturated rings. The Kier molecular flexibility index (Phi) is 4.16. The Morgan fingerprint density at radius 3 is 2.61 bits per heavy atom. The van der Waals surface area contributed by atoms with E-state index < -0.39 is 41.3 Å². The van der Waals surface area contributed by atoms with E-state index in [1.165, 1.54) is 20.8 Å². The molecule has 0 saturated carbocycles. The third-order valence-corrected chi connectivity index (χ3v) is 3.53. The van der Waals surface area contributed by atoms with Crippen molar-refractivity contribution in [2.45, 2.75) is 45.4 Å². The Morgan fingerprint density at radius 1 is 1.52 bits per heavy atom. The Hall–Kier alpha value is -2.43. The molecule has 0 aliphatic carbocycles. The number of aromatic nitrogens is 2. The molecule has 0 spiro atoms. The highest BCUT2D eigenvalue weighted by atomic mass is 19.3. The molecule has 11 heteroatoms. The van der Waals surface area contributed by atoms with Gasteiger partial charge >= 0.3 is 5.82 Å². The second-order valence-corrected chi connectivity index (χ2v) is 5.36. The molecule has 1 N–H and O–H groups in total. The number of amides is 1. The van der Waals surface area contributed by atoms with Crippen molar-refractivity contribution in [3.8, 4) is 0 Å². The Bertz CT molecular complexity index is 689. The molecule has 2 atom stereocenters. The third kappa shape index (κ3) is 2.79. The first-order chi connectivity index (χ1) is 10.6. The number of alkyl halides is 2. The number of rotatable bonds is 4. The number of aryl methyl sites for hydroxylation is 1. The zero-order valence-corrected chi connectivity index (χ0v) is 12.6. The maximum atomic E-state index is 13.1. The molecular formula is C12H15F2N5O4. The summed E-state index contributed by atoms with van der Waals surface area (Å²) in [6, 6.07) is 0.00493. The zero-order chi connectivity index (χ0) is 17.5. The van der Waals surface area contributed by atoms with Crippen LogP contribution in [0.2, 0.25) is 0 Å². The quantitative estimate of drug-likeness (QED) is 0.658. The summed E-state index contributed by atoms with van der Waals surface area (Å²) in [5.41, 5.74) is -2.24. The molecule has 1 aromatic heterocycles. The average Bonchev–Trinajstić information content (AvgIpc) is 2.98. The minimum Gasteiger partial charge on any atom is -0.364 e. The second-order valence-electron chi connectivity index (χ2n) is 5.36. The molecule has 0 saturated heterocycles. The summed E-state index contributed by atoms with van der Waals surface area (Å²) >= 11 is 0. The number of nitro groups is 1. The van der Waals surface area contributed by atoms with Gasteiger partial charge in [0, 0.05) is 12.1 Å². The van der Waals surface area contributed by atoms with Crippen molar-refractivity contribution < 1.29 is 23.6 Å². The number of aliphatic hydroxyl groups is 1. The Labute approximate surface area is 129 Å². The van der Waals surface area contributed by atoms with Gasteiger partial charge in [-0.05, 0) is 25.7 Å². The molecular weight excluding hydrogens is 316 g/mol. The Balaban J connectivity index is 2.34. The van der Waals surface area contributed by atoms with Crippen LogP contribution in [0.3, 0.4) is 0 Å². The topological polar surface area (TPSA) is 114 Å². The number of halogens is 2. The number of nitrogens with zero attached hydrogens (tertiary/aromatic N) is 5. The maximum absolute atomic E-state index is 13.1. The van der Waals surface area contributed by atoms with E-state index in [9.17, 15) is 28.8 Å². The molecule has 1 aliphatic heterocycles. The first kappa shape index (κ1) is 16.9. The normalized spacial score (nSPS) is 22.4. The van der Waals surface area contributed by atoms with Crippen LogP contribution in [0.5, 0.6) is 0 Å². The molecule has 0 aromatic carbocycles. The summed E-state index contributed by atoms with van der Waals surface area (Å²) in [7, 11) is 0. The lowest BCUT2D eigenvalue weighted by molar-refractivity contribution is -0.389. The van der Waals surface area contributed by atoms with Crippen molar-refractivity contribution in [2.75, 3.05) is 0 Å². The van der Waals surface area contributed by atoms with Gasteiger partial charge in [0.25, 0.3) is 12.3 Å². The SMILES string of the molecule is CC1=NN(C(=O)C(C)n2nc([N+](=O)[O-])cc2C)C(O)(C(F)F)C1. The number of carbonyl (C=O) groups excluding carboxylic acids is 1. The molecule has 2 heterocycles. The fraction of sp³-hybridized carbons (Fsp3) is 0.583. The van der Waals surface area contributed by atoms with Crippen LogP contribution >= 0.6 is 0 Å². The standard InChI is InChI=1S/C12H15F2N5O4/c1-6-5-12(21,11(13)14)18(15-6)10(20)8(3)17-7(2)4-9(16-17)19(22)23/h4,8,11,21H,5H2,1-3H3. The lowest BCUT2D eigenvalue weighted by Gasteiger charge is -2.31. The maximum Gasteiger partial charge on any atom is 0.390 e. The van der Waals surface area contributed by atoms with Crippen LogP contribution in [-0.2, 0) is 4.79 Å².